The van der Waals surface area contributed by atoms with Gasteiger partial charge in [-0.3, -0.25) is 0 Å². The van der Waals surface area contributed by atoms with E-state index in [1.54, 1.807) is 6.92 Å². The quantitative estimate of drug-likeness (QED) is 0.923. The van der Waals surface area contributed by atoms with E-state index in [9.17, 15) is 9.50 Å². The van der Waals surface area contributed by atoms with E-state index in [1.807, 2.05) is 0 Å². The van der Waals surface area contributed by atoms with Crippen molar-refractivity contribution in [2.24, 2.45) is 0 Å². The molecule has 0 heterocycles. The highest BCUT2D eigenvalue weighted by Gasteiger charge is 2.26. The van der Waals surface area contributed by atoms with E-state index < -0.39 is 6.10 Å². The molecule has 1 atom stereocenters. The van der Waals surface area contributed by atoms with Crippen LogP contribution in [0.4, 0.5) is 4.39 Å². The van der Waals surface area contributed by atoms with E-state index in [-0.39, 0.29) is 11.9 Å². The van der Waals surface area contributed by atoms with Gasteiger partial charge in [0.15, 0.2) is 0 Å². The van der Waals surface area contributed by atoms with Crippen LogP contribution in [0, 0.1) is 5.82 Å². The maximum absolute atomic E-state index is 13.2. The monoisotopic (exact) mass is 288 g/mol. The number of aliphatic hydroxyl groups is 1. The molecule has 16 heavy (non-hydrogen) atoms. The lowest BCUT2D eigenvalue weighted by molar-refractivity contribution is 0.192. The summed E-state index contributed by atoms with van der Waals surface area (Å²) >= 11 is 3.30. The molecule has 4 heteroatoms. The Labute approximate surface area is 103 Å². The van der Waals surface area contributed by atoms with Crippen LogP contribution in [-0.4, -0.2) is 17.3 Å². The normalized spacial score (nSPS) is 17.2. The van der Waals surface area contributed by atoms with Gasteiger partial charge < -0.3 is 9.84 Å². The molecular formula is C12H14BrFO2. The molecule has 1 aliphatic carbocycles. The van der Waals surface area contributed by atoms with Crippen LogP contribution in [0.25, 0.3) is 0 Å². The standard InChI is InChI=1S/C12H14BrFO2/c1-7(15)4-8-5-9(14)6-11(13)12(8)16-10-2-3-10/h5-7,10,15H,2-4H2,1H3. The summed E-state index contributed by atoms with van der Waals surface area (Å²) in [4.78, 5) is 0. The predicted molar refractivity (Wildman–Crippen MR) is 63.1 cm³/mol. The molecule has 0 saturated heterocycles. The lowest BCUT2D eigenvalue weighted by Gasteiger charge is -2.14. The molecule has 2 nitrogen and oxygen atoms in total. The third-order valence-corrected chi connectivity index (χ3v) is 3.00. The largest absolute Gasteiger partial charge is 0.489 e. The summed E-state index contributed by atoms with van der Waals surface area (Å²) in [7, 11) is 0. The van der Waals surface area contributed by atoms with Crippen LogP contribution in [-0.2, 0) is 6.42 Å². The third-order valence-electron chi connectivity index (χ3n) is 2.41. The number of halogens is 2. The van der Waals surface area contributed by atoms with Crippen molar-refractivity contribution in [2.45, 2.75) is 38.4 Å². The van der Waals surface area contributed by atoms with E-state index in [4.69, 9.17) is 4.74 Å². The molecule has 1 unspecified atom stereocenters. The second-order valence-corrected chi connectivity index (χ2v) is 5.10. The molecule has 0 aliphatic heterocycles. The lowest BCUT2D eigenvalue weighted by atomic mass is 10.1. The van der Waals surface area contributed by atoms with Gasteiger partial charge in [-0.2, -0.15) is 0 Å². The van der Waals surface area contributed by atoms with Gasteiger partial charge >= 0.3 is 0 Å². The fourth-order valence-corrected chi connectivity index (χ4v) is 2.13. The Bertz CT molecular complexity index is 389. The number of rotatable bonds is 4. The van der Waals surface area contributed by atoms with Gasteiger partial charge in [0.25, 0.3) is 0 Å². The Kier molecular flexibility index (Phi) is 3.50. The van der Waals surface area contributed by atoms with Crippen LogP contribution >= 0.6 is 15.9 Å². The highest BCUT2D eigenvalue weighted by Crippen LogP contribution is 2.36. The zero-order valence-electron chi connectivity index (χ0n) is 9.04. The fraction of sp³-hybridized carbons (Fsp3) is 0.500. The second kappa shape index (κ2) is 4.72. The summed E-state index contributed by atoms with van der Waals surface area (Å²) in [6.45, 7) is 1.68. The molecule has 1 aromatic carbocycles. The molecular weight excluding hydrogens is 275 g/mol. The molecule has 1 fully saturated rings. The lowest BCUT2D eigenvalue weighted by Crippen LogP contribution is -2.08. The Morgan fingerprint density at radius 3 is 2.81 bits per heavy atom. The first-order chi connectivity index (χ1) is 7.56. The topological polar surface area (TPSA) is 29.5 Å². The summed E-state index contributed by atoms with van der Waals surface area (Å²) in [5, 5.41) is 9.37. The van der Waals surface area contributed by atoms with Crippen molar-refractivity contribution < 1.29 is 14.2 Å². The van der Waals surface area contributed by atoms with Crippen molar-refractivity contribution in [3.63, 3.8) is 0 Å². The molecule has 0 radical (unpaired) electrons. The van der Waals surface area contributed by atoms with E-state index in [2.05, 4.69) is 15.9 Å². The number of benzene rings is 1. The van der Waals surface area contributed by atoms with Gasteiger partial charge in [-0.05, 0) is 47.8 Å². The molecule has 1 aromatic rings. The average molecular weight is 289 g/mol. The second-order valence-electron chi connectivity index (χ2n) is 4.25. The van der Waals surface area contributed by atoms with E-state index in [0.29, 0.717) is 22.2 Å². The number of aliphatic hydroxyl groups excluding tert-OH is 1. The smallest absolute Gasteiger partial charge is 0.137 e. The molecule has 2 rings (SSSR count). The minimum atomic E-state index is -0.504. The molecule has 0 aromatic heterocycles. The summed E-state index contributed by atoms with van der Waals surface area (Å²) in [6.07, 6.45) is 2.26. The SMILES string of the molecule is CC(O)Cc1cc(F)cc(Br)c1OC1CC1. The van der Waals surface area contributed by atoms with Crippen molar-refractivity contribution in [2.75, 3.05) is 0 Å². The highest BCUT2D eigenvalue weighted by atomic mass is 79.9. The Morgan fingerprint density at radius 1 is 1.56 bits per heavy atom. The van der Waals surface area contributed by atoms with Gasteiger partial charge in [-0.15, -0.1) is 0 Å². The summed E-state index contributed by atoms with van der Waals surface area (Å²) in [5.74, 6) is 0.357. The minimum absolute atomic E-state index is 0.259. The minimum Gasteiger partial charge on any atom is -0.489 e. The van der Waals surface area contributed by atoms with Crippen molar-refractivity contribution in [3.8, 4) is 5.75 Å². The highest BCUT2D eigenvalue weighted by molar-refractivity contribution is 9.10. The summed E-state index contributed by atoms with van der Waals surface area (Å²) in [5.41, 5.74) is 0.716. The van der Waals surface area contributed by atoms with Crippen LogP contribution in [0.2, 0.25) is 0 Å². The van der Waals surface area contributed by atoms with Gasteiger partial charge in [-0.25, -0.2) is 4.39 Å². The summed E-state index contributed by atoms with van der Waals surface area (Å²) in [6, 6.07) is 2.82. The van der Waals surface area contributed by atoms with Crippen LogP contribution < -0.4 is 4.74 Å². The maximum atomic E-state index is 13.2. The van der Waals surface area contributed by atoms with Crippen molar-refractivity contribution in [1.29, 1.82) is 0 Å². The van der Waals surface area contributed by atoms with E-state index in [0.717, 1.165) is 12.8 Å². The number of hydrogen-bond acceptors (Lipinski definition) is 2. The fourth-order valence-electron chi connectivity index (χ4n) is 1.57. The van der Waals surface area contributed by atoms with Crippen LogP contribution in [0.3, 0.4) is 0 Å². The molecule has 0 spiro atoms. The molecule has 1 aliphatic rings. The van der Waals surface area contributed by atoms with Gasteiger partial charge in [-0.1, -0.05) is 0 Å². The Morgan fingerprint density at radius 2 is 2.25 bits per heavy atom. The van der Waals surface area contributed by atoms with E-state index in [1.165, 1.54) is 12.1 Å². The first-order valence-corrected chi connectivity index (χ1v) is 6.18. The predicted octanol–water partition coefficient (Wildman–Crippen LogP) is 3.05. The first kappa shape index (κ1) is 11.9. The summed E-state index contributed by atoms with van der Waals surface area (Å²) < 4.78 is 19.6. The van der Waals surface area contributed by atoms with Crippen molar-refractivity contribution >= 4 is 15.9 Å². The van der Waals surface area contributed by atoms with Gasteiger partial charge in [0.1, 0.15) is 11.6 Å². The number of hydrogen-bond donors (Lipinski definition) is 1. The zero-order chi connectivity index (χ0) is 11.7. The van der Waals surface area contributed by atoms with Gasteiger partial charge in [0, 0.05) is 12.0 Å². The zero-order valence-corrected chi connectivity index (χ0v) is 10.6. The van der Waals surface area contributed by atoms with Crippen molar-refractivity contribution in [1.82, 2.24) is 0 Å². The third kappa shape index (κ3) is 2.95. The van der Waals surface area contributed by atoms with Gasteiger partial charge in [0.05, 0.1) is 16.7 Å². The maximum Gasteiger partial charge on any atom is 0.137 e. The Hall–Kier alpha value is -0.610. The van der Waals surface area contributed by atoms with Crippen molar-refractivity contribution in [3.05, 3.63) is 28.0 Å². The van der Waals surface area contributed by atoms with Gasteiger partial charge in [0.2, 0.25) is 0 Å². The van der Waals surface area contributed by atoms with Crippen LogP contribution in [0.15, 0.2) is 16.6 Å². The Balaban J connectivity index is 2.29. The average Bonchev–Trinajstić information content (AvgIpc) is 2.93. The number of ether oxygens (including phenoxy) is 1. The molecule has 88 valence electrons. The van der Waals surface area contributed by atoms with Crippen LogP contribution in [0.5, 0.6) is 5.75 Å². The molecule has 0 amide bonds. The molecule has 1 saturated carbocycles. The van der Waals surface area contributed by atoms with E-state index >= 15 is 0 Å². The molecule has 0 bridgehead atoms. The van der Waals surface area contributed by atoms with Crippen LogP contribution in [0.1, 0.15) is 25.3 Å². The first-order valence-electron chi connectivity index (χ1n) is 5.39. The molecule has 1 N–H and O–H groups in total.